The third-order valence-electron chi connectivity index (χ3n) is 7.09. The van der Waals surface area contributed by atoms with Crippen molar-refractivity contribution in [3.05, 3.63) is 35.4 Å². The Bertz CT molecular complexity index is 715. The molecule has 2 unspecified atom stereocenters. The molecule has 3 heteroatoms. The van der Waals surface area contributed by atoms with Crippen LogP contribution in [0.5, 0.6) is 0 Å². The maximum absolute atomic E-state index is 13.1. The van der Waals surface area contributed by atoms with Crippen molar-refractivity contribution < 1.29 is 4.79 Å². The van der Waals surface area contributed by atoms with Crippen LogP contribution >= 0.6 is 0 Å². The average Bonchev–Trinajstić information content (AvgIpc) is 2.51. The van der Waals surface area contributed by atoms with Crippen molar-refractivity contribution in [1.29, 1.82) is 0 Å². The molecule has 1 aromatic carbocycles. The van der Waals surface area contributed by atoms with E-state index in [1.54, 1.807) is 6.21 Å². The Hall–Kier alpha value is -1.64. The molecule has 4 aliphatic carbocycles. The van der Waals surface area contributed by atoms with Crippen molar-refractivity contribution in [2.45, 2.75) is 72.1 Å². The van der Waals surface area contributed by atoms with Crippen molar-refractivity contribution in [1.82, 2.24) is 5.43 Å². The Morgan fingerprint density at radius 1 is 1.08 bits per heavy atom. The maximum Gasteiger partial charge on any atom is 0.246 e. The minimum absolute atomic E-state index is 0.147. The first kappa shape index (κ1) is 17.8. The highest BCUT2D eigenvalue weighted by atomic mass is 16.2. The second kappa shape index (κ2) is 5.94. The number of benzene rings is 1. The first-order chi connectivity index (χ1) is 12.2. The molecule has 140 valence electrons. The molecule has 1 aromatic rings. The standard InChI is InChI=1S/C23H32N2O/c1-16(2)19-7-5-17(6-8-19)12-24-25-20(26)23-11-18-9-21(3,14-23)13-22(4,10-18)15-23/h5-8,12,16,18H,9-11,13-15H2,1-4H3,(H,25,26)/b24-12+. The van der Waals surface area contributed by atoms with Crippen LogP contribution in [0.4, 0.5) is 0 Å². The fourth-order valence-corrected chi connectivity index (χ4v) is 6.95. The second-order valence-corrected chi connectivity index (χ2v) is 10.4. The molecule has 4 bridgehead atoms. The van der Waals surface area contributed by atoms with Gasteiger partial charge in [0.1, 0.15) is 0 Å². The van der Waals surface area contributed by atoms with Gasteiger partial charge in [0, 0.05) is 0 Å². The van der Waals surface area contributed by atoms with Crippen molar-refractivity contribution in [2.24, 2.45) is 27.3 Å². The topological polar surface area (TPSA) is 41.5 Å². The van der Waals surface area contributed by atoms with Crippen LogP contribution in [-0.2, 0) is 4.79 Å². The summed E-state index contributed by atoms with van der Waals surface area (Å²) in [5, 5.41) is 4.29. The number of nitrogens with one attached hydrogen (secondary N) is 1. The lowest BCUT2D eigenvalue weighted by molar-refractivity contribution is -0.170. The number of nitrogens with zero attached hydrogens (tertiary/aromatic N) is 1. The summed E-state index contributed by atoms with van der Waals surface area (Å²) in [6.45, 7) is 9.18. The molecule has 1 amide bonds. The molecular formula is C23H32N2O. The molecule has 3 nitrogen and oxygen atoms in total. The molecular weight excluding hydrogens is 320 g/mol. The van der Waals surface area contributed by atoms with Gasteiger partial charge in [-0.1, -0.05) is 52.0 Å². The Kier molecular flexibility index (Phi) is 4.05. The number of hydrazone groups is 1. The zero-order valence-electron chi connectivity index (χ0n) is 16.6. The van der Waals surface area contributed by atoms with E-state index in [1.807, 2.05) is 0 Å². The minimum atomic E-state index is -0.193. The molecule has 0 radical (unpaired) electrons. The number of hydrogen-bond acceptors (Lipinski definition) is 2. The lowest BCUT2D eigenvalue weighted by Crippen LogP contribution is -2.59. The summed E-state index contributed by atoms with van der Waals surface area (Å²) >= 11 is 0. The highest BCUT2D eigenvalue weighted by molar-refractivity contribution is 5.86. The molecule has 5 rings (SSSR count). The van der Waals surface area contributed by atoms with Crippen molar-refractivity contribution in [2.75, 3.05) is 0 Å². The van der Waals surface area contributed by atoms with Gasteiger partial charge >= 0.3 is 0 Å². The first-order valence-corrected chi connectivity index (χ1v) is 10.1. The van der Waals surface area contributed by atoms with Gasteiger partial charge in [-0.25, -0.2) is 5.43 Å². The highest BCUT2D eigenvalue weighted by Gasteiger charge is 2.62. The van der Waals surface area contributed by atoms with Crippen LogP contribution < -0.4 is 5.43 Å². The number of rotatable bonds is 4. The molecule has 4 aliphatic rings. The first-order valence-electron chi connectivity index (χ1n) is 10.1. The van der Waals surface area contributed by atoms with Crippen LogP contribution in [0.25, 0.3) is 0 Å². The van der Waals surface area contributed by atoms with Crippen molar-refractivity contribution >= 4 is 12.1 Å². The summed E-state index contributed by atoms with van der Waals surface area (Å²) in [4.78, 5) is 13.1. The van der Waals surface area contributed by atoms with Crippen LogP contribution in [0.15, 0.2) is 29.4 Å². The predicted molar refractivity (Wildman–Crippen MR) is 106 cm³/mol. The van der Waals surface area contributed by atoms with Gasteiger partial charge in [0.15, 0.2) is 0 Å². The van der Waals surface area contributed by atoms with E-state index in [2.05, 4.69) is 62.5 Å². The predicted octanol–water partition coefficient (Wildman–Crippen LogP) is 5.26. The largest absolute Gasteiger partial charge is 0.273 e. The minimum Gasteiger partial charge on any atom is -0.273 e. The van der Waals surface area contributed by atoms with Crippen LogP contribution in [-0.4, -0.2) is 12.1 Å². The van der Waals surface area contributed by atoms with E-state index in [0.29, 0.717) is 16.7 Å². The highest BCUT2D eigenvalue weighted by Crippen LogP contribution is 2.69. The van der Waals surface area contributed by atoms with Crippen LogP contribution in [0.1, 0.15) is 83.3 Å². The lowest BCUT2D eigenvalue weighted by Gasteiger charge is -2.64. The molecule has 4 fully saturated rings. The molecule has 2 atom stereocenters. The normalized spacial score (nSPS) is 38.3. The SMILES string of the molecule is CC(C)c1ccc(/C=N/NC(=O)C23CC4CC(C)(CC(C)(C4)C2)C3)cc1. The van der Waals surface area contributed by atoms with Crippen LogP contribution in [0, 0.1) is 22.2 Å². The Balaban J connectivity index is 1.45. The summed E-state index contributed by atoms with van der Waals surface area (Å²) in [5.74, 6) is 1.40. The number of amides is 1. The maximum atomic E-state index is 13.1. The molecule has 0 saturated heterocycles. The molecule has 0 aliphatic heterocycles. The monoisotopic (exact) mass is 352 g/mol. The fourth-order valence-electron chi connectivity index (χ4n) is 6.95. The van der Waals surface area contributed by atoms with Gasteiger partial charge in [0.05, 0.1) is 11.6 Å². The Morgan fingerprint density at radius 3 is 2.23 bits per heavy atom. The van der Waals surface area contributed by atoms with Crippen LogP contribution in [0.2, 0.25) is 0 Å². The van der Waals surface area contributed by atoms with Crippen molar-refractivity contribution in [3.63, 3.8) is 0 Å². The molecule has 26 heavy (non-hydrogen) atoms. The van der Waals surface area contributed by atoms with E-state index in [9.17, 15) is 4.79 Å². The van der Waals surface area contributed by atoms with E-state index in [4.69, 9.17) is 0 Å². The third-order valence-corrected chi connectivity index (χ3v) is 7.09. The fraction of sp³-hybridized carbons (Fsp3) is 0.652. The number of carbonyl (C=O) groups excluding carboxylic acids is 1. The molecule has 4 saturated carbocycles. The summed E-state index contributed by atoms with van der Waals surface area (Å²) in [7, 11) is 0. The van der Waals surface area contributed by atoms with E-state index in [1.165, 1.54) is 24.8 Å². The average molecular weight is 353 g/mol. The zero-order valence-corrected chi connectivity index (χ0v) is 16.6. The van der Waals surface area contributed by atoms with Crippen molar-refractivity contribution in [3.8, 4) is 0 Å². The molecule has 0 aromatic heterocycles. The van der Waals surface area contributed by atoms with E-state index < -0.39 is 0 Å². The van der Waals surface area contributed by atoms with Gasteiger partial charge in [-0.15, -0.1) is 0 Å². The van der Waals surface area contributed by atoms with Crippen LogP contribution in [0.3, 0.4) is 0 Å². The summed E-state index contributed by atoms with van der Waals surface area (Å²) < 4.78 is 0. The third kappa shape index (κ3) is 3.10. The van der Waals surface area contributed by atoms with E-state index in [0.717, 1.165) is 30.7 Å². The summed E-state index contributed by atoms with van der Waals surface area (Å²) in [5.41, 5.74) is 5.74. The lowest BCUT2D eigenvalue weighted by atomic mass is 9.40. The van der Waals surface area contributed by atoms with Gasteiger partial charge in [-0.3, -0.25) is 4.79 Å². The second-order valence-electron chi connectivity index (χ2n) is 10.4. The number of hydrogen-bond donors (Lipinski definition) is 1. The van der Waals surface area contributed by atoms with E-state index >= 15 is 0 Å². The molecule has 0 heterocycles. The smallest absolute Gasteiger partial charge is 0.246 e. The quantitative estimate of drug-likeness (QED) is 0.583. The molecule has 0 spiro atoms. The van der Waals surface area contributed by atoms with Gasteiger partial charge in [-0.2, -0.15) is 5.10 Å². The van der Waals surface area contributed by atoms with Gasteiger partial charge in [0.2, 0.25) is 5.91 Å². The van der Waals surface area contributed by atoms with Gasteiger partial charge in [0.25, 0.3) is 0 Å². The summed E-state index contributed by atoms with van der Waals surface area (Å²) in [6, 6.07) is 8.40. The van der Waals surface area contributed by atoms with E-state index in [-0.39, 0.29) is 11.3 Å². The molecule has 1 N–H and O–H groups in total. The zero-order chi connectivity index (χ0) is 18.6. The Labute approximate surface area is 157 Å². The van der Waals surface area contributed by atoms with Gasteiger partial charge in [-0.05, 0) is 72.3 Å². The summed E-state index contributed by atoms with van der Waals surface area (Å²) in [6.07, 6.45) is 8.81. The Morgan fingerprint density at radius 2 is 1.69 bits per heavy atom. The number of carbonyl (C=O) groups is 1. The van der Waals surface area contributed by atoms with Gasteiger partial charge < -0.3 is 0 Å².